The Morgan fingerprint density at radius 2 is 1.90 bits per heavy atom. The van der Waals surface area contributed by atoms with Gasteiger partial charge in [-0.15, -0.1) is 0 Å². The van der Waals surface area contributed by atoms with E-state index in [1.165, 1.54) is 0 Å². The van der Waals surface area contributed by atoms with Gasteiger partial charge in [0.2, 0.25) is 0 Å². The molecule has 5 rings (SSSR count). The van der Waals surface area contributed by atoms with Crippen molar-refractivity contribution in [2.75, 3.05) is 24.7 Å². The number of nitrogens with zero attached hydrogens (tertiary/aromatic N) is 4. The minimum absolute atomic E-state index is 0.0680. The van der Waals surface area contributed by atoms with Crippen LogP contribution in [0.3, 0.4) is 0 Å². The van der Waals surface area contributed by atoms with Gasteiger partial charge in [0.15, 0.2) is 21.5 Å². The number of H-pyrrole nitrogens is 1. The van der Waals surface area contributed by atoms with Gasteiger partial charge in [-0.05, 0) is 33.1 Å². The number of sulfone groups is 1. The summed E-state index contributed by atoms with van der Waals surface area (Å²) < 4.78 is 32.0. The summed E-state index contributed by atoms with van der Waals surface area (Å²) in [6, 6.07) is 9.93. The number of ether oxygens (including phenoxy) is 1. The van der Waals surface area contributed by atoms with Crippen molar-refractivity contribution in [2.24, 2.45) is 0 Å². The molecule has 164 valence electrons. The fraction of sp³-hybridized carbons (Fsp3) is 0.500. The Hall–Kier alpha value is -2.52. The number of rotatable bonds is 4. The van der Waals surface area contributed by atoms with Crippen LogP contribution in [-0.2, 0) is 20.1 Å². The van der Waals surface area contributed by atoms with Crippen LogP contribution in [0.4, 0.5) is 0 Å². The minimum Gasteiger partial charge on any atom is -0.381 e. The average molecular weight is 442 g/mol. The summed E-state index contributed by atoms with van der Waals surface area (Å²) in [7, 11) is -3.10. The Morgan fingerprint density at radius 1 is 1.16 bits per heavy atom. The van der Waals surface area contributed by atoms with Gasteiger partial charge in [-0.2, -0.15) is 5.10 Å². The van der Waals surface area contributed by atoms with Gasteiger partial charge in [-0.1, -0.05) is 30.3 Å². The van der Waals surface area contributed by atoms with Gasteiger partial charge in [0.1, 0.15) is 11.5 Å². The van der Waals surface area contributed by atoms with E-state index in [0.29, 0.717) is 25.5 Å². The number of aromatic amines is 1. The molecular weight excluding hydrogens is 414 g/mol. The van der Waals surface area contributed by atoms with Crippen LogP contribution in [0.2, 0.25) is 0 Å². The van der Waals surface area contributed by atoms with E-state index < -0.39 is 15.4 Å². The summed E-state index contributed by atoms with van der Waals surface area (Å²) in [5.74, 6) is 2.61. The van der Waals surface area contributed by atoms with Crippen LogP contribution in [0.5, 0.6) is 0 Å². The molecule has 2 aliphatic heterocycles. The second kappa shape index (κ2) is 7.56. The molecule has 9 heteroatoms. The fourth-order valence-corrected chi connectivity index (χ4v) is 6.67. The summed E-state index contributed by atoms with van der Waals surface area (Å²) in [6.45, 7) is 5.32. The van der Waals surface area contributed by atoms with Gasteiger partial charge in [-0.3, -0.25) is 0 Å². The molecule has 1 aromatic carbocycles. The van der Waals surface area contributed by atoms with Gasteiger partial charge in [0.25, 0.3) is 0 Å². The van der Waals surface area contributed by atoms with Gasteiger partial charge >= 0.3 is 0 Å². The van der Waals surface area contributed by atoms with E-state index in [9.17, 15) is 8.42 Å². The van der Waals surface area contributed by atoms with Crippen molar-refractivity contribution >= 4 is 9.84 Å². The van der Waals surface area contributed by atoms with Crippen LogP contribution in [-0.4, -0.2) is 57.9 Å². The predicted molar refractivity (Wildman–Crippen MR) is 117 cm³/mol. The summed E-state index contributed by atoms with van der Waals surface area (Å²) in [5.41, 5.74) is 1.95. The summed E-state index contributed by atoms with van der Waals surface area (Å²) in [5, 5.41) is 4.88. The topological polar surface area (TPSA) is 103 Å². The number of aryl methyl sites for hydroxylation is 1. The van der Waals surface area contributed by atoms with E-state index in [2.05, 4.69) is 4.98 Å². The lowest BCUT2D eigenvalue weighted by molar-refractivity contribution is 0.0834. The third kappa shape index (κ3) is 3.80. The quantitative estimate of drug-likeness (QED) is 0.667. The Bertz CT molecular complexity index is 1200. The lowest BCUT2D eigenvalue weighted by Crippen LogP contribution is -2.33. The van der Waals surface area contributed by atoms with Crippen LogP contribution in [0, 0.1) is 6.92 Å². The first kappa shape index (κ1) is 20.4. The molecule has 0 saturated carbocycles. The highest BCUT2D eigenvalue weighted by Gasteiger charge is 2.43. The molecule has 31 heavy (non-hydrogen) atoms. The molecule has 2 saturated heterocycles. The van der Waals surface area contributed by atoms with Crippen LogP contribution in [0.1, 0.15) is 43.6 Å². The molecule has 1 atom stereocenters. The maximum absolute atomic E-state index is 12.3. The van der Waals surface area contributed by atoms with E-state index in [0.717, 1.165) is 41.4 Å². The van der Waals surface area contributed by atoms with E-state index in [-0.39, 0.29) is 17.4 Å². The van der Waals surface area contributed by atoms with Crippen LogP contribution in [0.15, 0.2) is 30.3 Å². The van der Waals surface area contributed by atoms with Gasteiger partial charge in [0, 0.05) is 30.4 Å². The summed E-state index contributed by atoms with van der Waals surface area (Å²) in [4.78, 5) is 13.1. The normalized spacial score (nSPS) is 23.9. The Kier molecular flexibility index (Phi) is 4.97. The van der Waals surface area contributed by atoms with Gasteiger partial charge in [-0.25, -0.2) is 23.1 Å². The van der Waals surface area contributed by atoms with Crippen molar-refractivity contribution in [1.82, 2.24) is 24.7 Å². The monoisotopic (exact) mass is 441 g/mol. The van der Waals surface area contributed by atoms with E-state index in [1.807, 2.05) is 48.9 Å². The van der Waals surface area contributed by atoms with Crippen molar-refractivity contribution in [1.29, 1.82) is 0 Å². The standard InChI is InChI=1S/C22H27N5O3S/c1-15-18(24-19(23-15)16-6-4-3-5-7-16)21-25-20(17-8-11-30-12-9-17)26-27(21)22(2)10-13-31(28,29)14-22/h3-7,17H,8-14H2,1-2H3,(H,23,24). The molecule has 3 aromatic rings. The molecule has 0 amide bonds. The molecule has 0 spiro atoms. The maximum atomic E-state index is 12.3. The first-order valence-electron chi connectivity index (χ1n) is 10.7. The van der Waals surface area contributed by atoms with Crippen LogP contribution < -0.4 is 0 Å². The second-order valence-corrected chi connectivity index (χ2v) is 11.0. The largest absolute Gasteiger partial charge is 0.381 e. The van der Waals surface area contributed by atoms with Crippen molar-refractivity contribution in [2.45, 2.75) is 44.6 Å². The SMILES string of the molecule is Cc1[nH]c(-c2ccccc2)nc1-c1nc(C2CCOCC2)nn1C1(C)CCS(=O)(=O)C1. The highest BCUT2D eigenvalue weighted by molar-refractivity contribution is 7.91. The fourth-order valence-electron chi connectivity index (χ4n) is 4.56. The maximum Gasteiger partial charge on any atom is 0.179 e. The number of benzene rings is 1. The summed E-state index contributed by atoms with van der Waals surface area (Å²) in [6.07, 6.45) is 2.26. The van der Waals surface area contributed by atoms with Crippen molar-refractivity contribution < 1.29 is 13.2 Å². The molecule has 0 aliphatic carbocycles. The zero-order chi connectivity index (χ0) is 21.6. The third-order valence-corrected chi connectivity index (χ3v) is 8.24. The zero-order valence-electron chi connectivity index (χ0n) is 17.8. The highest BCUT2D eigenvalue weighted by Crippen LogP contribution is 2.36. The molecule has 1 N–H and O–H groups in total. The molecule has 0 radical (unpaired) electrons. The van der Waals surface area contributed by atoms with Crippen molar-refractivity contribution in [3.63, 3.8) is 0 Å². The molecular formula is C22H27N5O3S. The zero-order valence-corrected chi connectivity index (χ0v) is 18.7. The minimum atomic E-state index is -3.10. The van der Waals surface area contributed by atoms with Gasteiger partial charge in [0.05, 0.1) is 17.0 Å². The van der Waals surface area contributed by atoms with Crippen molar-refractivity contribution in [3.05, 3.63) is 41.9 Å². The third-order valence-electron chi connectivity index (χ3n) is 6.35. The molecule has 2 aliphatic rings. The molecule has 0 bridgehead atoms. The van der Waals surface area contributed by atoms with E-state index in [4.69, 9.17) is 19.8 Å². The Morgan fingerprint density at radius 3 is 2.58 bits per heavy atom. The van der Waals surface area contributed by atoms with Crippen LogP contribution >= 0.6 is 0 Å². The Balaban J connectivity index is 1.62. The molecule has 4 heterocycles. The summed E-state index contributed by atoms with van der Waals surface area (Å²) >= 11 is 0. The van der Waals surface area contributed by atoms with Gasteiger partial charge < -0.3 is 9.72 Å². The first-order chi connectivity index (χ1) is 14.8. The number of imidazole rings is 1. The smallest absolute Gasteiger partial charge is 0.179 e. The highest BCUT2D eigenvalue weighted by atomic mass is 32.2. The number of aromatic nitrogens is 5. The first-order valence-corrected chi connectivity index (χ1v) is 12.5. The molecule has 2 fully saturated rings. The number of hydrogen-bond acceptors (Lipinski definition) is 6. The predicted octanol–water partition coefficient (Wildman–Crippen LogP) is 3.07. The molecule has 8 nitrogen and oxygen atoms in total. The second-order valence-electron chi connectivity index (χ2n) is 8.86. The number of hydrogen-bond donors (Lipinski definition) is 1. The van der Waals surface area contributed by atoms with E-state index in [1.54, 1.807) is 0 Å². The van der Waals surface area contributed by atoms with Crippen LogP contribution in [0.25, 0.3) is 22.9 Å². The number of nitrogens with one attached hydrogen (secondary N) is 1. The molecule has 1 unspecified atom stereocenters. The van der Waals surface area contributed by atoms with Crippen molar-refractivity contribution in [3.8, 4) is 22.9 Å². The Labute approximate surface area is 182 Å². The molecule has 2 aromatic heterocycles. The average Bonchev–Trinajstić information content (AvgIpc) is 3.45. The lowest BCUT2D eigenvalue weighted by Gasteiger charge is -2.24. The van der Waals surface area contributed by atoms with E-state index >= 15 is 0 Å². The lowest BCUT2D eigenvalue weighted by atomic mass is 10.00.